The number of rotatable bonds is 3. The summed E-state index contributed by atoms with van der Waals surface area (Å²) in [5.74, 6) is -1.41. The van der Waals surface area contributed by atoms with Crippen molar-refractivity contribution < 1.29 is 14.6 Å². The Labute approximate surface area is 147 Å². The molecular weight excluding hydrogens is 343 g/mol. The molecule has 1 fully saturated rings. The van der Waals surface area contributed by atoms with Gasteiger partial charge in [0.15, 0.2) is 0 Å². The molecule has 1 aliphatic heterocycles. The molecule has 0 spiro atoms. The van der Waals surface area contributed by atoms with Crippen LogP contribution in [0.3, 0.4) is 0 Å². The number of hydrogen-bond acceptors (Lipinski definition) is 6. The highest BCUT2D eigenvalue weighted by Crippen LogP contribution is 2.29. The van der Waals surface area contributed by atoms with E-state index in [1.54, 1.807) is 34.8 Å². The molecule has 2 aromatic heterocycles. The standard InChI is InChI=1S/C17H17FN4O2S/c18-15-9-13(22-4-3-12-10-19-11-20-16(12)22)1-2-14(15)17(23,24)21-5-7-25-8-6-21/h1-4,9-11,23-24H,5-8H2. The molecule has 8 heteroatoms. The summed E-state index contributed by atoms with van der Waals surface area (Å²) in [6, 6.07) is 6.20. The summed E-state index contributed by atoms with van der Waals surface area (Å²) < 4.78 is 16.4. The van der Waals surface area contributed by atoms with Gasteiger partial charge in [-0.25, -0.2) is 19.3 Å². The van der Waals surface area contributed by atoms with Crippen LogP contribution in [-0.2, 0) is 5.91 Å². The number of thioether (sulfide) groups is 1. The zero-order valence-electron chi connectivity index (χ0n) is 13.3. The van der Waals surface area contributed by atoms with E-state index in [0.717, 1.165) is 16.9 Å². The fraction of sp³-hybridized carbons (Fsp3) is 0.294. The van der Waals surface area contributed by atoms with Crippen molar-refractivity contribution in [3.63, 3.8) is 0 Å². The van der Waals surface area contributed by atoms with E-state index < -0.39 is 11.7 Å². The largest absolute Gasteiger partial charge is 0.349 e. The van der Waals surface area contributed by atoms with E-state index in [0.29, 0.717) is 24.4 Å². The summed E-state index contributed by atoms with van der Waals surface area (Å²) in [5.41, 5.74) is 1.07. The maximum atomic E-state index is 14.7. The number of hydrogen-bond donors (Lipinski definition) is 2. The number of benzene rings is 1. The molecule has 0 radical (unpaired) electrons. The minimum Gasteiger partial charge on any atom is -0.349 e. The molecule has 1 aliphatic rings. The third-order valence-corrected chi connectivity index (χ3v) is 5.34. The highest BCUT2D eigenvalue weighted by Gasteiger charge is 2.37. The van der Waals surface area contributed by atoms with Crippen LogP contribution >= 0.6 is 11.8 Å². The summed E-state index contributed by atoms with van der Waals surface area (Å²) in [6.45, 7) is 0.996. The summed E-state index contributed by atoms with van der Waals surface area (Å²) >= 11 is 1.74. The molecule has 1 aromatic carbocycles. The second-order valence-corrected chi connectivity index (χ2v) is 7.11. The van der Waals surface area contributed by atoms with Gasteiger partial charge in [0, 0.05) is 48.1 Å². The topological polar surface area (TPSA) is 74.4 Å². The maximum absolute atomic E-state index is 14.7. The summed E-state index contributed by atoms with van der Waals surface area (Å²) in [6.07, 6.45) is 4.90. The van der Waals surface area contributed by atoms with Crippen LogP contribution in [0, 0.1) is 5.82 Å². The zero-order chi connectivity index (χ0) is 17.4. The van der Waals surface area contributed by atoms with Crippen LogP contribution in [0.4, 0.5) is 4.39 Å². The van der Waals surface area contributed by atoms with Crippen LogP contribution < -0.4 is 0 Å². The summed E-state index contributed by atoms with van der Waals surface area (Å²) in [5, 5.41) is 21.8. The molecule has 0 atom stereocenters. The molecule has 6 nitrogen and oxygen atoms in total. The molecule has 3 aromatic rings. The molecule has 2 N–H and O–H groups in total. The van der Waals surface area contributed by atoms with Crippen molar-refractivity contribution in [3.05, 3.63) is 54.4 Å². The van der Waals surface area contributed by atoms with Gasteiger partial charge in [-0.15, -0.1) is 0 Å². The van der Waals surface area contributed by atoms with Gasteiger partial charge in [-0.1, -0.05) is 0 Å². The lowest BCUT2D eigenvalue weighted by molar-refractivity contribution is -0.274. The van der Waals surface area contributed by atoms with E-state index in [1.807, 2.05) is 6.07 Å². The van der Waals surface area contributed by atoms with Crippen LogP contribution in [0.2, 0.25) is 0 Å². The van der Waals surface area contributed by atoms with Crippen molar-refractivity contribution in [3.8, 4) is 5.69 Å². The van der Waals surface area contributed by atoms with Gasteiger partial charge in [0.1, 0.15) is 17.8 Å². The molecular formula is C17H17FN4O2S. The monoisotopic (exact) mass is 360 g/mol. The van der Waals surface area contributed by atoms with Crippen LogP contribution in [0.1, 0.15) is 5.56 Å². The Bertz CT molecular complexity index is 909. The quantitative estimate of drug-likeness (QED) is 0.693. The predicted octanol–water partition coefficient (Wildman–Crippen LogP) is 1.70. The number of aromatic nitrogens is 3. The smallest absolute Gasteiger partial charge is 0.256 e. The Morgan fingerprint density at radius 2 is 1.96 bits per heavy atom. The third kappa shape index (κ3) is 2.91. The minimum atomic E-state index is -2.31. The number of aliphatic hydroxyl groups is 2. The van der Waals surface area contributed by atoms with Crippen LogP contribution in [0.15, 0.2) is 43.0 Å². The van der Waals surface area contributed by atoms with E-state index in [9.17, 15) is 14.6 Å². The lowest BCUT2D eigenvalue weighted by Gasteiger charge is -2.37. The second kappa shape index (κ2) is 6.38. The van der Waals surface area contributed by atoms with Crippen LogP contribution in [0.5, 0.6) is 0 Å². The normalized spacial score (nSPS) is 16.4. The average Bonchev–Trinajstić information content (AvgIpc) is 3.06. The summed E-state index contributed by atoms with van der Waals surface area (Å²) in [7, 11) is 0. The Morgan fingerprint density at radius 1 is 1.16 bits per heavy atom. The highest BCUT2D eigenvalue weighted by atomic mass is 32.2. The van der Waals surface area contributed by atoms with E-state index >= 15 is 0 Å². The first-order chi connectivity index (χ1) is 12.1. The first-order valence-corrected chi connectivity index (χ1v) is 9.08. The van der Waals surface area contributed by atoms with E-state index in [2.05, 4.69) is 9.97 Å². The Morgan fingerprint density at radius 3 is 2.72 bits per heavy atom. The molecule has 0 saturated carbocycles. The van der Waals surface area contributed by atoms with Gasteiger partial charge in [0.05, 0.1) is 5.56 Å². The molecule has 0 unspecified atom stereocenters. The van der Waals surface area contributed by atoms with Crippen molar-refractivity contribution in [1.29, 1.82) is 0 Å². The Balaban J connectivity index is 1.71. The van der Waals surface area contributed by atoms with Crippen molar-refractivity contribution in [2.75, 3.05) is 24.6 Å². The molecule has 4 rings (SSSR count). The number of nitrogens with zero attached hydrogens (tertiary/aromatic N) is 4. The fourth-order valence-electron chi connectivity index (χ4n) is 3.06. The van der Waals surface area contributed by atoms with E-state index in [-0.39, 0.29) is 5.56 Å². The van der Waals surface area contributed by atoms with Gasteiger partial charge >= 0.3 is 0 Å². The van der Waals surface area contributed by atoms with Gasteiger partial charge in [-0.05, 0) is 24.3 Å². The van der Waals surface area contributed by atoms with Gasteiger partial charge in [0.25, 0.3) is 5.91 Å². The van der Waals surface area contributed by atoms with Crippen molar-refractivity contribution >= 4 is 22.8 Å². The maximum Gasteiger partial charge on any atom is 0.256 e. The third-order valence-electron chi connectivity index (χ3n) is 4.39. The first-order valence-electron chi connectivity index (χ1n) is 7.92. The van der Waals surface area contributed by atoms with Gasteiger partial charge in [-0.2, -0.15) is 11.8 Å². The number of fused-ring (bicyclic) bond motifs is 1. The fourth-order valence-corrected chi connectivity index (χ4v) is 3.96. The average molecular weight is 360 g/mol. The molecule has 3 heterocycles. The van der Waals surface area contributed by atoms with E-state index in [4.69, 9.17) is 0 Å². The van der Waals surface area contributed by atoms with Gasteiger partial charge < -0.3 is 14.8 Å². The number of halogens is 1. The predicted molar refractivity (Wildman–Crippen MR) is 93.8 cm³/mol. The minimum absolute atomic E-state index is 0.144. The van der Waals surface area contributed by atoms with E-state index in [1.165, 1.54) is 23.4 Å². The molecule has 25 heavy (non-hydrogen) atoms. The second-order valence-electron chi connectivity index (χ2n) is 5.89. The molecule has 0 amide bonds. The molecule has 1 saturated heterocycles. The first kappa shape index (κ1) is 16.5. The Kier molecular flexibility index (Phi) is 4.20. The SMILES string of the molecule is OC(O)(c1ccc(-n2ccc3cncnc32)cc1F)N1CCSCC1. The molecule has 130 valence electrons. The van der Waals surface area contributed by atoms with Crippen molar-refractivity contribution in [2.24, 2.45) is 0 Å². The van der Waals surface area contributed by atoms with Crippen molar-refractivity contribution in [1.82, 2.24) is 19.4 Å². The van der Waals surface area contributed by atoms with Gasteiger partial charge in [0.2, 0.25) is 0 Å². The zero-order valence-corrected chi connectivity index (χ0v) is 14.2. The van der Waals surface area contributed by atoms with Crippen LogP contribution in [0.25, 0.3) is 16.7 Å². The van der Waals surface area contributed by atoms with Crippen LogP contribution in [-0.4, -0.2) is 54.2 Å². The lowest BCUT2D eigenvalue weighted by atomic mass is 10.1. The Hall–Kier alpha value is -2.00. The molecule has 0 aliphatic carbocycles. The lowest BCUT2D eigenvalue weighted by Crippen LogP contribution is -2.50. The molecule has 0 bridgehead atoms. The van der Waals surface area contributed by atoms with Crippen molar-refractivity contribution in [2.45, 2.75) is 5.91 Å². The van der Waals surface area contributed by atoms with Gasteiger partial charge in [-0.3, -0.25) is 0 Å². The highest BCUT2D eigenvalue weighted by molar-refractivity contribution is 7.99. The summed E-state index contributed by atoms with van der Waals surface area (Å²) in [4.78, 5) is 9.66.